The molecule has 23 heavy (non-hydrogen) atoms. The molecule has 0 unspecified atom stereocenters. The van der Waals surface area contributed by atoms with E-state index in [4.69, 9.17) is 10.5 Å². The molecule has 0 saturated carbocycles. The first-order chi connectivity index (χ1) is 10.8. The van der Waals surface area contributed by atoms with Crippen molar-refractivity contribution in [3.8, 4) is 22.6 Å². The van der Waals surface area contributed by atoms with Crippen LogP contribution in [0, 0.1) is 11.6 Å². The van der Waals surface area contributed by atoms with Gasteiger partial charge in [0.25, 0.3) is 0 Å². The van der Waals surface area contributed by atoms with E-state index in [1.807, 2.05) is 0 Å². The molecule has 0 heterocycles. The highest BCUT2D eigenvalue weighted by molar-refractivity contribution is 5.67. The van der Waals surface area contributed by atoms with Crippen LogP contribution in [0.15, 0.2) is 36.4 Å². The molecule has 2 N–H and O–H groups in total. The first-order valence-electron chi connectivity index (χ1n) is 6.48. The molecule has 0 saturated heterocycles. The fourth-order valence-electron chi connectivity index (χ4n) is 1.89. The molecule has 2 rings (SSSR count). The Balaban J connectivity index is 2.42. The standard InChI is InChI=1S/C15H12F5NO2/c16-10-2-3-11(12(17)8-10)9-1-4-13(23-15(18,19)20)14(7-9)22-6-5-21/h1-4,7-8H,5-6,21H2. The first-order valence-corrected chi connectivity index (χ1v) is 6.48. The number of halogens is 5. The molecule has 0 fully saturated rings. The highest BCUT2D eigenvalue weighted by Crippen LogP contribution is 2.36. The Kier molecular flexibility index (Phi) is 5.05. The number of benzene rings is 2. The third-order valence-electron chi connectivity index (χ3n) is 2.79. The van der Waals surface area contributed by atoms with Crippen LogP contribution in [-0.2, 0) is 0 Å². The van der Waals surface area contributed by atoms with E-state index in [2.05, 4.69) is 4.74 Å². The van der Waals surface area contributed by atoms with Crippen LogP contribution in [0.5, 0.6) is 11.5 Å². The van der Waals surface area contributed by atoms with Gasteiger partial charge in [-0.1, -0.05) is 6.07 Å². The Morgan fingerprint density at radius 2 is 1.70 bits per heavy atom. The number of hydrogen-bond acceptors (Lipinski definition) is 3. The molecule has 0 bridgehead atoms. The zero-order chi connectivity index (χ0) is 17.0. The largest absolute Gasteiger partial charge is 0.573 e. The van der Waals surface area contributed by atoms with Gasteiger partial charge in [0.15, 0.2) is 11.5 Å². The molecular weight excluding hydrogens is 321 g/mol. The molecule has 0 aromatic heterocycles. The van der Waals surface area contributed by atoms with Crippen LogP contribution >= 0.6 is 0 Å². The van der Waals surface area contributed by atoms with Gasteiger partial charge in [0.1, 0.15) is 18.2 Å². The third kappa shape index (κ3) is 4.56. The summed E-state index contributed by atoms with van der Waals surface area (Å²) < 4.78 is 72.8. The molecule has 124 valence electrons. The molecule has 0 aliphatic carbocycles. The van der Waals surface area contributed by atoms with Gasteiger partial charge >= 0.3 is 6.36 Å². The molecule has 2 aromatic rings. The van der Waals surface area contributed by atoms with Gasteiger partial charge in [-0.25, -0.2) is 8.78 Å². The summed E-state index contributed by atoms with van der Waals surface area (Å²) in [6.45, 7) is 0.0180. The fraction of sp³-hybridized carbons (Fsp3) is 0.200. The van der Waals surface area contributed by atoms with E-state index in [1.54, 1.807) is 0 Å². The molecule has 2 aromatic carbocycles. The second kappa shape index (κ2) is 6.82. The van der Waals surface area contributed by atoms with Gasteiger partial charge in [-0.2, -0.15) is 0 Å². The maximum atomic E-state index is 13.8. The highest BCUT2D eigenvalue weighted by Gasteiger charge is 2.32. The van der Waals surface area contributed by atoms with Gasteiger partial charge in [0.2, 0.25) is 0 Å². The predicted octanol–water partition coefficient (Wildman–Crippen LogP) is 3.87. The van der Waals surface area contributed by atoms with Crippen molar-refractivity contribution in [1.29, 1.82) is 0 Å². The van der Waals surface area contributed by atoms with E-state index in [0.717, 1.165) is 12.1 Å². The van der Waals surface area contributed by atoms with Gasteiger partial charge < -0.3 is 15.2 Å². The first kappa shape index (κ1) is 17.0. The van der Waals surface area contributed by atoms with Crippen molar-refractivity contribution in [3.05, 3.63) is 48.0 Å². The normalized spacial score (nSPS) is 11.4. The van der Waals surface area contributed by atoms with E-state index in [0.29, 0.717) is 6.07 Å². The summed E-state index contributed by atoms with van der Waals surface area (Å²) in [7, 11) is 0. The van der Waals surface area contributed by atoms with Crippen LogP contribution in [0.2, 0.25) is 0 Å². The molecule has 0 aliphatic rings. The Labute approximate surface area is 128 Å². The van der Waals surface area contributed by atoms with Gasteiger partial charge in [-0.15, -0.1) is 13.2 Å². The van der Waals surface area contributed by atoms with Crippen LogP contribution in [0.1, 0.15) is 0 Å². The fourth-order valence-corrected chi connectivity index (χ4v) is 1.89. The van der Waals surface area contributed by atoms with E-state index in [9.17, 15) is 22.0 Å². The van der Waals surface area contributed by atoms with Crippen LogP contribution in [0.4, 0.5) is 22.0 Å². The molecule has 3 nitrogen and oxygen atoms in total. The quantitative estimate of drug-likeness (QED) is 0.845. The summed E-state index contributed by atoms with van der Waals surface area (Å²) in [5.41, 5.74) is 5.48. The minimum atomic E-state index is -4.90. The van der Waals surface area contributed by atoms with Gasteiger partial charge in [0.05, 0.1) is 0 Å². The highest BCUT2D eigenvalue weighted by atomic mass is 19.4. The smallest absolute Gasteiger partial charge is 0.488 e. The third-order valence-corrected chi connectivity index (χ3v) is 2.79. The second-order valence-electron chi connectivity index (χ2n) is 4.47. The number of hydrogen-bond donors (Lipinski definition) is 1. The van der Waals surface area contributed by atoms with Crippen molar-refractivity contribution in [2.75, 3.05) is 13.2 Å². The Hall–Kier alpha value is -2.35. The Bertz CT molecular complexity index is 688. The number of nitrogens with two attached hydrogens (primary N) is 1. The lowest BCUT2D eigenvalue weighted by Crippen LogP contribution is -2.18. The Morgan fingerprint density at radius 3 is 2.30 bits per heavy atom. The minimum Gasteiger partial charge on any atom is -0.488 e. The number of alkyl halides is 3. The molecule has 0 radical (unpaired) electrons. The van der Waals surface area contributed by atoms with Crippen molar-refractivity contribution in [2.45, 2.75) is 6.36 Å². The van der Waals surface area contributed by atoms with Crippen molar-refractivity contribution < 1.29 is 31.4 Å². The van der Waals surface area contributed by atoms with Crippen molar-refractivity contribution in [1.82, 2.24) is 0 Å². The van der Waals surface area contributed by atoms with E-state index < -0.39 is 23.7 Å². The zero-order valence-corrected chi connectivity index (χ0v) is 11.7. The van der Waals surface area contributed by atoms with Crippen LogP contribution in [0.25, 0.3) is 11.1 Å². The van der Waals surface area contributed by atoms with Gasteiger partial charge in [-0.05, 0) is 29.8 Å². The molecule has 0 amide bonds. The Morgan fingerprint density at radius 1 is 0.957 bits per heavy atom. The number of rotatable bonds is 5. The zero-order valence-electron chi connectivity index (χ0n) is 11.7. The lowest BCUT2D eigenvalue weighted by atomic mass is 10.0. The van der Waals surface area contributed by atoms with Crippen LogP contribution in [0.3, 0.4) is 0 Å². The van der Waals surface area contributed by atoms with E-state index >= 15 is 0 Å². The van der Waals surface area contributed by atoms with Crippen LogP contribution in [-0.4, -0.2) is 19.5 Å². The molecular formula is C15H12F5NO2. The summed E-state index contributed by atoms with van der Waals surface area (Å²) in [6.07, 6.45) is -4.90. The average Bonchev–Trinajstić information content (AvgIpc) is 2.45. The van der Waals surface area contributed by atoms with E-state index in [-0.39, 0.29) is 30.0 Å². The maximum Gasteiger partial charge on any atom is 0.573 e. The topological polar surface area (TPSA) is 44.5 Å². The van der Waals surface area contributed by atoms with E-state index in [1.165, 1.54) is 18.2 Å². The predicted molar refractivity (Wildman–Crippen MR) is 73.0 cm³/mol. The van der Waals surface area contributed by atoms with Crippen molar-refractivity contribution in [3.63, 3.8) is 0 Å². The SMILES string of the molecule is NCCOc1cc(-c2ccc(F)cc2F)ccc1OC(F)(F)F. The summed E-state index contributed by atoms with van der Waals surface area (Å²) in [6, 6.07) is 6.28. The molecule has 0 aliphatic heterocycles. The summed E-state index contributed by atoms with van der Waals surface area (Å²) in [5.74, 6) is -2.42. The summed E-state index contributed by atoms with van der Waals surface area (Å²) in [4.78, 5) is 0. The lowest BCUT2D eigenvalue weighted by Gasteiger charge is -2.15. The van der Waals surface area contributed by atoms with Crippen molar-refractivity contribution in [2.24, 2.45) is 5.73 Å². The van der Waals surface area contributed by atoms with Crippen LogP contribution < -0.4 is 15.2 Å². The van der Waals surface area contributed by atoms with Crippen molar-refractivity contribution >= 4 is 0 Å². The average molecular weight is 333 g/mol. The molecule has 0 atom stereocenters. The molecule has 0 spiro atoms. The maximum absolute atomic E-state index is 13.8. The monoisotopic (exact) mass is 333 g/mol. The summed E-state index contributed by atoms with van der Waals surface area (Å²) in [5, 5.41) is 0. The number of ether oxygens (including phenoxy) is 2. The lowest BCUT2D eigenvalue weighted by molar-refractivity contribution is -0.275. The summed E-state index contributed by atoms with van der Waals surface area (Å²) >= 11 is 0. The molecule has 8 heteroatoms. The van der Waals surface area contributed by atoms with Gasteiger partial charge in [-0.3, -0.25) is 0 Å². The minimum absolute atomic E-state index is 0.0163. The van der Waals surface area contributed by atoms with Gasteiger partial charge in [0, 0.05) is 18.2 Å². The second-order valence-corrected chi connectivity index (χ2v) is 4.47.